The lowest BCUT2D eigenvalue weighted by Gasteiger charge is -2.26. The Labute approximate surface area is 180 Å². The highest BCUT2D eigenvalue weighted by atomic mass is 32.2. The lowest BCUT2D eigenvalue weighted by molar-refractivity contribution is -0.113. The molecule has 156 valence electrons. The van der Waals surface area contributed by atoms with Gasteiger partial charge in [0.25, 0.3) is 5.56 Å². The van der Waals surface area contributed by atoms with Crippen LogP contribution in [0.15, 0.2) is 58.5 Å². The van der Waals surface area contributed by atoms with Crippen LogP contribution in [0.5, 0.6) is 0 Å². The van der Waals surface area contributed by atoms with E-state index < -0.39 is 0 Å². The molecule has 2 aromatic carbocycles. The Morgan fingerprint density at radius 2 is 1.83 bits per heavy atom. The van der Waals surface area contributed by atoms with Crippen molar-refractivity contribution < 1.29 is 4.79 Å². The fourth-order valence-electron chi connectivity index (χ4n) is 4.04. The summed E-state index contributed by atoms with van der Waals surface area (Å²) in [6, 6.07) is 15.5. The molecular weight excluding hydrogens is 394 g/mol. The number of hydrogen-bond donors (Lipinski definition) is 1. The number of aryl methyl sites for hydroxylation is 1. The highest BCUT2D eigenvalue weighted by molar-refractivity contribution is 7.99. The van der Waals surface area contributed by atoms with Crippen molar-refractivity contribution in [1.82, 2.24) is 9.55 Å². The van der Waals surface area contributed by atoms with Gasteiger partial charge in [0.05, 0.1) is 16.7 Å². The van der Waals surface area contributed by atoms with Crippen molar-refractivity contribution in [2.24, 2.45) is 0 Å². The number of nitrogens with zero attached hydrogens (tertiary/aromatic N) is 2. The second-order valence-electron chi connectivity index (χ2n) is 7.77. The first-order valence-corrected chi connectivity index (χ1v) is 11.7. The maximum Gasteiger partial charge on any atom is 0.262 e. The third-order valence-electron chi connectivity index (χ3n) is 5.69. The third-order valence-corrected chi connectivity index (χ3v) is 6.65. The molecule has 1 saturated carbocycles. The van der Waals surface area contributed by atoms with Crippen LogP contribution < -0.4 is 10.9 Å². The number of carbonyl (C=O) groups excluding carboxylic acids is 1. The highest BCUT2D eigenvalue weighted by Crippen LogP contribution is 2.31. The average Bonchev–Trinajstić information content (AvgIpc) is 2.79. The number of fused-ring (bicyclic) bond motifs is 1. The van der Waals surface area contributed by atoms with Crippen molar-refractivity contribution in [3.8, 4) is 0 Å². The van der Waals surface area contributed by atoms with Gasteiger partial charge in [0.2, 0.25) is 5.91 Å². The molecule has 3 aromatic rings. The van der Waals surface area contributed by atoms with E-state index in [0.717, 1.165) is 37.8 Å². The largest absolute Gasteiger partial charge is 0.325 e. The summed E-state index contributed by atoms with van der Waals surface area (Å²) < 4.78 is 1.84. The zero-order valence-corrected chi connectivity index (χ0v) is 18.1. The number of amides is 1. The summed E-state index contributed by atoms with van der Waals surface area (Å²) in [6.45, 7) is 2.10. The Hall–Kier alpha value is -2.60. The lowest BCUT2D eigenvalue weighted by atomic mass is 9.95. The molecule has 0 unspecified atom stereocenters. The van der Waals surface area contributed by atoms with E-state index >= 15 is 0 Å². The van der Waals surface area contributed by atoms with E-state index in [2.05, 4.69) is 12.2 Å². The molecule has 0 aliphatic heterocycles. The summed E-state index contributed by atoms with van der Waals surface area (Å²) in [5.41, 5.74) is 2.71. The molecule has 1 aliphatic carbocycles. The summed E-state index contributed by atoms with van der Waals surface area (Å²) in [6.07, 6.45) is 6.42. The minimum atomic E-state index is -0.0955. The first kappa shape index (κ1) is 20.7. The van der Waals surface area contributed by atoms with Crippen LogP contribution in [0.2, 0.25) is 0 Å². The topological polar surface area (TPSA) is 64.0 Å². The van der Waals surface area contributed by atoms with Gasteiger partial charge in [0.15, 0.2) is 5.16 Å². The molecule has 30 heavy (non-hydrogen) atoms. The molecule has 0 saturated heterocycles. The zero-order valence-electron chi connectivity index (χ0n) is 17.3. The molecule has 1 heterocycles. The van der Waals surface area contributed by atoms with Crippen LogP contribution >= 0.6 is 11.8 Å². The number of aromatic nitrogens is 2. The Bertz CT molecular complexity index is 1090. The van der Waals surface area contributed by atoms with Gasteiger partial charge in [-0.2, -0.15) is 0 Å². The molecule has 4 rings (SSSR count). The standard InChI is InChI=1S/C24H27N3O2S/c1-2-17-12-14-18(15-13-17)25-22(28)16-30-24-26-21-11-7-6-10-20(21)23(29)27(24)19-8-4-3-5-9-19/h6-7,10-15,19H,2-5,8-9,16H2,1H3,(H,25,28). The van der Waals surface area contributed by atoms with Crippen LogP contribution in [0, 0.1) is 0 Å². The molecular formula is C24H27N3O2S. The van der Waals surface area contributed by atoms with E-state index in [1.165, 1.54) is 23.7 Å². The Kier molecular flexibility index (Phi) is 6.53. The van der Waals surface area contributed by atoms with E-state index in [1.807, 2.05) is 53.1 Å². The summed E-state index contributed by atoms with van der Waals surface area (Å²) in [7, 11) is 0. The monoisotopic (exact) mass is 421 g/mol. The predicted molar refractivity (Wildman–Crippen MR) is 123 cm³/mol. The molecule has 0 bridgehead atoms. The van der Waals surface area contributed by atoms with E-state index in [9.17, 15) is 9.59 Å². The lowest BCUT2D eigenvalue weighted by Crippen LogP contribution is -2.29. The number of hydrogen-bond acceptors (Lipinski definition) is 4. The Morgan fingerprint density at radius 3 is 2.57 bits per heavy atom. The van der Waals surface area contributed by atoms with Crippen LogP contribution in [-0.4, -0.2) is 21.2 Å². The summed E-state index contributed by atoms with van der Waals surface area (Å²) in [4.78, 5) is 30.5. The molecule has 1 N–H and O–H groups in total. The summed E-state index contributed by atoms with van der Waals surface area (Å²) in [5, 5.41) is 4.23. The van der Waals surface area contributed by atoms with Crippen LogP contribution in [0.3, 0.4) is 0 Å². The average molecular weight is 422 g/mol. The minimum absolute atomic E-state index is 0.00515. The molecule has 0 spiro atoms. The molecule has 1 aromatic heterocycles. The molecule has 1 fully saturated rings. The van der Waals surface area contributed by atoms with Crippen LogP contribution in [-0.2, 0) is 11.2 Å². The van der Waals surface area contributed by atoms with Gasteiger partial charge in [-0.25, -0.2) is 4.98 Å². The van der Waals surface area contributed by atoms with Gasteiger partial charge in [-0.3, -0.25) is 14.2 Å². The predicted octanol–water partition coefficient (Wildman–Crippen LogP) is 5.19. The zero-order chi connectivity index (χ0) is 20.9. The maximum absolute atomic E-state index is 13.3. The smallest absolute Gasteiger partial charge is 0.262 e. The number of nitrogens with one attached hydrogen (secondary N) is 1. The van der Waals surface area contributed by atoms with Gasteiger partial charge < -0.3 is 5.32 Å². The van der Waals surface area contributed by atoms with E-state index in [4.69, 9.17) is 4.98 Å². The normalized spacial score (nSPS) is 14.7. The highest BCUT2D eigenvalue weighted by Gasteiger charge is 2.22. The van der Waals surface area contributed by atoms with Crippen molar-refractivity contribution in [2.45, 2.75) is 56.6 Å². The quantitative estimate of drug-likeness (QED) is 0.439. The van der Waals surface area contributed by atoms with Gasteiger partial charge in [-0.15, -0.1) is 0 Å². The van der Waals surface area contributed by atoms with E-state index in [-0.39, 0.29) is 23.3 Å². The molecule has 0 radical (unpaired) electrons. The van der Waals surface area contributed by atoms with Crippen molar-refractivity contribution in [3.63, 3.8) is 0 Å². The maximum atomic E-state index is 13.3. The van der Waals surface area contributed by atoms with Gasteiger partial charge in [-0.1, -0.05) is 62.2 Å². The van der Waals surface area contributed by atoms with Gasteiger partial charge in [-0.05, 0) is 49.1 Å². The molecule has 1 amide bonds. The number of rotatable bonds is 6. The first-order chi connectivity index (χ1) is 14.7. The summed E-state index contributed by atoms with van der Waals surface area (Å²) in [5.74, 6) is 0.120. The van der Waals surface area contributed by atoms with E-state index in [1.54, 1.807) is 0 Å². The van der Waals surface area contributed by atoms with Crippen molar-refractivity contribution in [3.05, 3.63) is 64.4 Å². The van der Waals surface area contributed by atoms with E-state index in [0.29, 0.717) is 16.1 Å². The van der Waals surface area contributed by atoms with Crippen molar-refractivity contribution in [1.29, 1.82) is 0 Å². The van der Waals surface area contributed by atoms with Crippen LogP contribution in [0.25, 0.3) is 10.9 Å². The van der Waals surface area contributed by atoms with Gasteiger partial charge in [0.1, 0.15) is 0 Å². The second-order valence-corrected chi connectivity index (χ2v) is 8.71. The molecule has 1 aliphatic rings. The van der Waals surface area contributed by atoms with Crippen LogP contribution in [0.1, 0.15) is 50.6 Å². The molecule has 5 nitrogen and oxygen atoms in total. The van der Waals surface area contributed by atoms with Crippen LogP contribution in [0.4, 0.5) is 5.69 Å². The Morgan fingerprint density at radius 1 is 1.10 bits per heavy atom. The molecule has 6 heteroatoms. The molecule has 0 atom stereocenters. The van der Waals surface area contributed by atoms with Crippen molar-refractivity contribution >= 4 is 34.3 Å². The van der Waals surface area contributed by atoms with Crippen molar-refractivity contribution in [2.75, 3.05) is 11.1 Å². The number of para-hydroxylation sites is 1. The Balaban J connectivity index is 1.56. The number of benzene rings is 2. The number of carbonyl (C=O) groups is 1. The SMILES string of the molecule is CCc1ccc(NC(=O)CSc2nc3ccccc3c(=O)n2C2CCCCC2)cc1. The van der Waals surface area contributed by atoms with Gasteiger partial charge in [0, 0.05) is 11.7 Å². The van der Waals surface area contributed by atoms with Gasteiger partial charge >= 0.3 is 0 Å². The fourth-order valence-corrected chi connectivity index (χ4v) is 4.91. The third kappa shape index (κ3) is 4.59. The second kappa shape index (κ2) is 9.47. The summed E-state index contributed by atoms with van der Waals surface area (Å²) >= 11 is 1.34. The first-order valence-electron chi connectivity index (χ1n) is 10.7. The minimum Gasteiger partial charge on any atom is -0.325 e. The number of anilines is 1. The number of thioether (sulfide) groups is 1. The fraction of sp³-hybridized carbons (Fsp3) is 0.375.